The Morgan fingerprint density at radius 3 is 2.79 bits per heavy atom. The van der Waals surface area contributed by atoms with Crippen LogP contribution in [0.25, 0.3) is 0 Å². The molecule has 82 valence electrons. The third-order valence-electron chi connectivity index (χ3n) is 3.07. The predicted molar refractivity (Wildman–Crippen MR) is 56.6 cm³/mol. The summed E-state index contributed by atoms with van der Waals surface area (Å²) in [6, 6.07) is 0.315. The van der Waals surface area contributed by atoms with Gasteiger partial charge < -0.3 is 16.4 Å². The Balaban J connectivity index is 2.36. The fraction of sp³-hybridized carbons (Fsp3) is 0.900. The van der Waals surface area contributed by atoms with E-state index in [2.05, 4.69) is 11.8 Å². The van der Waals surface area contributed by atoms with Crippen molar-refractivity contribution in [1.29, 1.82) is 0 Å². The van der Waals surface area contributed by atoms with Gasteiger partial charge in [-0.3, -0.25) is 4.79 Å². The molecular weight excluding hydrogens is 178 g/mol. The molecule has 0 aromatic carbocycles. The average Bonchev–Trinajstić information content (AvgIpc) is 2.11. The van der Waals surface area contributed by atoms with Gasteiger partial charge in [0.25, 0.3) is 0 Å². The zero-order valence-corrected chi connectivity index (χ0v) is 9.07. The zero-order valence-electron chi connectivity index (χ0n) is 9.07. The predicted octanol–water partition coefficient (Wildman–Crippen LogP) is -0.223. The molecule has 1 fully saturated rings. The van der Waals surface area contributed by atoms with Crippen molar-refractivity contribution in [3.05, 3.63) is 0 Å². The van der Waals surface area contributed by atoms with Crippen LogP contribution in [0.2, 0.25) is 0 Å². The summed E-state index contributed by atoms with van der Waals surface area (Å²) < 4.78 is 0. The molecule has 1 aliphatic rings. The van der Waals surface area contributed by atoms with Crippen LogP contribution in [0.5, 0.6) is 0 Å². The normalized spacial score (nSPS) is 31.4. The van der Waals surface area contributed by atoms with Gasteiger partial charge in [0, 0.05) is 25.0 Å². The standard InChI is InChI=1S/C10H21N3O/c1-7-5-13(4-3-9(7)11)6-8(2)10(12)14/h7-9H,3-6,11H2,1-2H3,(H2,12,14). The minimum absolute atomic E-state index is 0.0588. The molecule has 1 aliphatic heterocycles. The Bertz CT molecular complexity index is 208. The fourth-order valence-electron chi connectivity index (χ4n) is 1.89. The molecule has 0 aliphatic carbocycles. The van der Waals surface area contributed by atoms with Crippen molar-refractivity contribution < 1.29 is 4.79 Å². The molecule has 0 radical (unpaired) electrons. The van der Waals surface area contributed by atoms with E-state index in [1.807, 2.05) is 6.92 Å². The molecule has 3 atom stereocenters. The van der Waals surface area contributed by atoms with Gasteiger partial charge in [0.2, 0.25) is 5.91 Å². The highest BCUT2D eigenvalue weighted by Crippen LogP contribution is 2.15. The van der Waals surface area contributed by atoms with Crippen LogP contribution in [0.1, 0.15) is 20.3 Å². The number of nitrogens with two attached hydrogens (primary N) is 2. The third kappa shape index (κ3) is 2.96. The summed E-state index contributed by atoms with van der Waals surface area (Å²) in [5.74, 6) is 0.243. The first-order valence-electron chi connectivity index (χ1n) is 5.28. The van der Waals surface area contributed by atoms with Crippen molar-refractivity contribution in [2.24, 2.45) is 23.3 Å². The van der Waals surface area contributed by atoms with Crippen LogP contribution >= 0.6 is 0 Å². The second-order valence-electron chi connectivity index (χ2n) is 4.49. The molecule has 0 saturated carbocycles. The Hall–Kier alpha value is -0.610. The monoisotopic (exact) mass is 199 g/mol. The highest BCUT2D eigenvalue weighted by atomic mass is 16.1. The highest BCUT2D eigenvalue weighted by molar-refractivity contribution is 5.76. The lowest BCUT2D eigenvalue weighted by Gasteiger charge is -2.35. The number of carbonyl (C=O) groups excluding carboxylic acids is 1. The molecule has 0 spiro atoms. The number of hydrogen-bond acceptors (Lipinski definition) is 3. The summed E-state index contributed by atoms with van der Waals surface area (Å²) in [6.45, 7) is 6.78. The van der Waals surface area contributed by atoms with E-state index in [4.69, 9.17) is 11.5 Å². The van der Waals surface area contributed by atoms with Gasteiger partial charge >= 0.3 is 0 Å². The maximum Gasteiger partial charge on any atom is 0.221 e. The number of rotatable bonds is 3. The first-order chi connectivity index (χ1) is 6.50. The number of piperidine rings is 1. The zero-order chi connectivity index (χ0) is 10.7. The van der Waals surface area contributed by atoms with E-state index in [1.165, 1.54) is 0 Å². The Labute approximate surface area is 85.6 Å². The van der Waals surface area contributed by atoms with Crippen molar-refractivity contribution >= 4 is 5.91 Å². The number of likely N-dealkylation sites (tertiary alicyclic amines) is 1. The Kier molecular flexibility index (Phi) is 3.89. The molecule has 4 nitrogen and oxygen atoms in total. The van der Waals surface area contributed by atoms with E-state index in [1.54, 1.807) is 0 Å². The van der Waals surface area contributed by atoms with Crippen LogP contribution in [0.4, 0.5) is 0 Å². The summed E-state index contributed by atoms with van der Waals surface area (Å²) >= 11 is 0. The molecule has 1 amide bonds. The molecular formula is C10H21N3O. The van der Waals surface area contributed by atoms with E-state index in [9.17, 15) is 4.79 Å². The summed E-state index contributed by atoms with van der Waals surface area (Å²) in [5.41, 5.74) is 11.1. The topological polar surface area (TPSA) is 72.3 Å². The van der Waals surface area contributed by atoms with Gasteiger partial charge in [0.15, 0.2) is 0 Å². The van der Waals surface area contributed by atoms with E-state index < -0.39 is 0 Å². The summed E-state index contributed by atoms with van der Waals surface area (Å²) in [5, 5.41) is 0. The molecule has 4 N–H and O–H groups in total. The molecule has 0 aromatic heterocycles. The van der Waals surface area contributed by atoms with Crippen molar-refractivity contribution in [3.8, 4) is 0 Å². The lowest BCUT2D eigenvalue weighted by molar-refractivity contribution is -0.122. The van der Waals surface area contributed by atoms with E-state index >= 15 is 0 Å². The van der Waals surface area contributed by atoms with Crippen molar-refractivity contribution in [3.63, 3.8) is 0 Å². The number of amides is 1. The van der Waals surface area contributed by atoms with E-state index in [0.29, 0.717) is 12.0 Å². The van der Waals surface area contributed by atoms with Gasteiger partial charge in [0.05, 0.1) is 0 Å². The molecule has 3 unspecified atom stereocenters. The van der Waals surface area contributed by atoms with Gasteiger partial charge in [-0.25, -0.2) is 0 Å². The number of hydrogen-bond donors (Lipinski definition) is 2. The maximum atomic E-state index is 10.9. The van der Waals surface area contributed by atoms with Crippen LogP contribution in [0.15, 0.2) is 0 Å². The van der Waals surface area contributed by atoms with E-state index in [-0.39, 0.29) is 11.8 Å². The SMILES string of the molecule is CC(CN1CCC(N)C(C)C1)C(N)=O. The molecule has 0 bridgehead atoms. The quantitative estimate of drug-likeness (QED) is 0.660. The fourth-order valence-corrected chi connectivity index (χ4v) is 1.89. The molecule has 0 aromatic rings. The van der Waals surface area contributed by atoms with Gasteiger partial charge in [-0.05, 0) is 18.9 Å². The smallest absolute Gasteiger partial charge is 0.221 e. The number of carbonyl (C=O) groups is 1. The van der Waals surface area contributed by atoms with Gasteiger partial charge in [-0.1, -0.05) is 13.8 Å². The average molecular weight is 199 g/mol. The Morgan fingerprint density at radius 1 is 1.64 bits per heavy atom. The second-order valence-corrected chi connectivity index (χ2v) is 4.49. The lowest BCUT2D eigenvalue weighted by atomic mass is 9.94. The van der Waals surface area contributed by atoms with Crippen LogP contribution < -0.4 is 11.5 Å². The van der Waals surface area contributed by atoms with E-state index in [0.717, 1.165) is 26.1 Å². The molecule has 1 saturated heterocycles. The number of primary amides is 1. The van der Waals surface area contributed by atoms with Crippen LogP contribution in [-0.2, 0) is 4.79 Å². The van der Waals surface area contributed by atoms with Crippen LogP contribution in [0, 0.1) is 11.8 Å². The van der Waals surface area contributed by atoms with Crippen molar-refractivity contribution in [2.75, 3.05) is 19.6 Å². The molecule has 1 heterocycles. The Morgan fingerprint density at radius 2 is 2.29 bits per heavy atom. The molecule has 14 heavy (non-hydrogen) atoms. The molecule has 1 rings (SSSR count). The molecule has 4 heteroatoms. The van der Waals surface area contributed by atoms with Crippen LogP contribution in [0.3, 0.4) is 0 Å². The summed E-state index contributed by atoms with van der Waals surface area (Å²) in [7, 11) is 0. The third-order valence-corrected chi connectivity index (χ3v) is 3.07. The summed E-state index contributed by atoms with van der Waals surface area (Å²) in [6.07, 6.45) is 1.02. The largest absolute Gasteiger partial charge is 0.369 e. The van der Waals surface area contributed by atoms with Gasteiger partial charge in [0.1, 0.15) is 0 Å². The summed E-state index contributed by atoms with van der Waals surface area (Å²) in [4.78, 5) is 13.2. The second kappa shape index (κ2) is 4.75. The minimum Gasteiger partial charge on any atom is -0.369 e. The first kappa shape index (κ1) is 11.5. The highest BCUT2D eigenvalue weighted by Gasteiger charge is 2.24. The van der Waals surface area contributed by atoms with Gasteiger partial charge in [-0.15, -0.1) is 0 Å². The van der Waals surface area contributed by atoms with Crippen molar-refractivity contribution in [1.82, 2.24) is 4.90 Å². The van der Waals surface area contributed by atoms with Crippen LogP contribution in [-0.4, -0.2) is 36.5 Å². The maximum absolute atomic E-state index is 10.9. The first-order valence-corrected chi connectivity index (χ1v) is 5.28. The van der Waals surface area contributed by atoms with Gasteiger partial charge in [-0.2, -0.15) is 0 Å². The van der Waals surface area contributed by atoms with Crippen molar-refractivity contribution in [2.45, 2.75) is 26.3 Å². The lowest BCUT2D eigenvalue weighted by Crippen LogP contribution is -2.48. The minimum atomic E-state index is -0.215. The number of nitrogens with zero attached hydrogens (tertiary/aromatic N) is 1.